The molecular formula is C13H16N2O5. The van der Waals surface area contributed by atoms with E-state index in [4.69, 9.17) is 15.2 Å². The molecule has 108 valence electrons. The fraction of sp³-hybridized carbons (Fsp3) is 0.308. The zero-order valence-corrected chi connectivity index (χ0v) is 11.2. The molecular weight excluding hydrogens is 264 g/mol. The van der Waals surface area contributed by atoms with Crippen molar-refractivity contribution < 1.29 is 23.9 Å². The molecule has 0 spiro atoms. The van der Waals surface area contributed by atoms with Crippen LogP contribution in [-0.2, 0) is 14.3 Å². The van der Waals surface area contributed by atoms with Gasteiger partial charge in [-0.05, 0) is 19.1 Å². The molecule has 0 aliphatic rings. The Morgan fingerprint density at radius 1 is 1.30 bits per heavy atom. The number of methoxy groups -OCH3 is 1. The molecule has 20 heavy (non-hydrogen) atoms. The summed E-state index contributed by atoms with van der Waals surface area (Å²) >= 11 is 0. The Bertz CT molecular complexity index is 515. The molecule has 7 heteroatoms. The van der Waals surface area contributed by atoms with E-state index in [1.807, 2.05) is 0 Å². The van der Waals surface area contributed by atoms with Gasteiger partial charge in [-0.15, -0.1) is 0 Å². The van der Waals surface area contributed by atoms with Gasteiger partial charge in [0.15, 0.2) is 6.10 Å². The molecule has 1 atom stereocenters. The van der Waals surface area contributed by atoms with Crippen molar-refractivity contribution in [2.45, 2.75) is 13.0 Å². The maximum atomic E-state index is 11.9. The van der Waals surface area contributed by atoms with E-state index in [1.165, 1.54) is 14.0 Å². The number of amides is 2. The minimum atomic E-state index is -1.04. The van der Waals surface area contributed by atoms with Crippen LogP contribution in [-0.4, -0.2) is 37.5 Å². The molecule has 0 saturated carbocycles. The van der Waals surface area contributed by atoms with Crippen LogP contribution in [0, 0.1) is 0 Å². The van der Waals surface area contributed by atoms with Gasteiger partial charge in [-0.25, -0.2) is 0 Å². The summed E-state index contributed by atoms with van der Waals surface area (Å²) in [6, 6.07) is 6.58. The molecule has 3 N–H and O–H groups in total. The number of benzene rings is 1. The molecule has 0 saturated heterocycles. The summed E-state index contributed by atoms with van der Waals surface area (Å²) in [5.74, 6) is -1.59. The highest BCUT2D eigenvalue weighted by atomic mass is 16.5. The third-order valence-electron chi connectivity index (χ3n) is 2.45. The lowest BCUT2D eigenvalue weighted by Crippen LogP contribution is -2.36. The summed E-state index contributed by atoms with van der Waals surface area (Å²) in [6.45, 7) is 0.983. The Hall–Kier alpha value is -2.57. The number of hydrogen-bond acceptors (Lipinski definition) is 5. The number of ether oxygens (including phenoxy) is 2. The molecule has 1 aromatic rings. The average molecular weight is 280 g/mol. The van der Waals surface area contributed by atoms with Gasteiger partial charge in [-0.1, -0.05) is 12.1 Å². The lowest BCUT2D eigenvalue weighted by molar-refractivity contribution is -0.152. The lowest BCUT2D eigenvalue weighted by atomic mass is 10.2. The first-order valence-corrected chi connectivity index (χ1v) is 5.85. The highest BCUT2D eigenvalue weighted by Crippen LogP contribution is 2.16. The number of nitrogens with two attached hydrogens (primary N) is 1. The Morgan fingerprint density at radius 3 is 2.55 bits per heavy atom. The van der Waals surface area contributed by atoms with Gasteiger partial charge < -0.3 is 20.5 Å². The highest BCUT2D eigenvalue weighted by molar-refractivity contribution is 5.98. The Kier molecular flexibility index (Phi) is 5.52. The molecule has 0 bridgehead atoms. The van der Waals surface area contributed by atoms with Gasteiger partial charge in [0.25, 0.3) is 11.8 Å². The largest absolute Gasteiger partial charge is 0.496 e. The van der Waals surface area contributed by atoms with Crippen LogP contribution < -0.4 is 15.8 Å². The van der Waals surface area contributed by atoms with Gasteiger partial charge in [0.2, 0.25) is 0 Å². The number of hydrogen-bond donors (Lipinski definition) is 2. The number of rotatable bonds is 6. The van der Waals surface area contributed by atoms with Crippen LogP contribution in [0.3, 0.4) is 0 Å². The standard InChI is InChI=1S/C13H16N2O5/c1-8(12(14)17)20-11(16)7-15-13(18)9-5-3-4-6-10(9)19-2/h3-6,8H,7H2,1-2H3,(H2,14,17)(H,15,18)/t8-/m1/s1. The van der Waals surface area contributed by atoms with E-state index in [0.717, 1.165) is 0 Å². The zero-order valence-electron chi connectivity index (χ0n) is 11.2. The molecule has 0 fully saturated rings. The maximum Gasteiger partial charge on any atom is 0.326 e. The number of primary amides is 1. The van der Waals surface area contributed by atoms with Crippen molar-refractivity contribution in [3.05, 3.63) is 29.8 Å². The molecule has 0 unspecified atom stereocenters. The molecule has 2 amide bonds. The number of carbonyl (C=O) groups excluding carboxylic acids is 3. The summed E-state index contributed by atoms with van der Waals surface area (Å²) in [6.07, 6.45) is -1.04. The van der Waals surface area contributed by atoms with Crippen molar-refractivity contribution in [2.75, 3.05) is 13.7 Å². The third kappa shape index (κ3) is 4.27. The van der Waals surface area contributed by atoms with Crippen LogP contribution in [0.5, 0.6) is 5.75 Å². The minimum absolute atomic E-state index is 0.297. The Balaban J connectivity index is 2.55. The van der Waals surface area contributed by atoms with E-state index < -0.39 is 23.9 Å². The fourth-order valence-corrected chi connectivity index (χ4v) is 1.38. The first-order valence-electron chi connectivity index (χ1n) is 5.85. The van der Waals surface area contributed by atoms with Crippen LogP contribution >= 0.6 is 0 Å². The van der Waals surface area contributed by atoms with Gasteiger partial charge in [0.05, 0.1) is 12.7 Å². The van der Waals surface area contributed by atoms with Gasteiger partial charge in [0, 0.05) is 0 Å². The molecule has 7 nitrogen and oxygen atoms in total. The van der Waals surface area contributed by atoms with Crippen molar-refractivity contribution >= 4 is 17.8 Å². The molecule has 0 aliphatic carbocycles. The summed E-state index contributed by atoms with van der Waals surface area (Å²) < 4.78 is 9.73. The second kappa shape index (κ2) is 7.13. The summed E-state index contributed by atoms with van der Waals surface area (Å²) in [5, 5.41) is 2.37. The van der Waals surface area contributed by atoms with Crippen molar-refractivity contribution in [3.63, 3.8) is 0 Å². The van der Waals surface area contributed by atoms with Crippen LogP contribution in [0.25, 0.3) is 0 Å². The monoisotopic (exact) mass is 280 g/mol. The van der Waals surface area contributed by atoms with Crippen LogP contribution in [0.1, 0.15) is 17.3 Å². The molecule has 1 aromatic carbocycles. The van der Waals surface area contributed by atoms with Gasteiger partial charge in [0.1, 0.15) is 12.3 Å². The molecule has 1 rings (SSSR count). The van der Waals surface area contributed by atoms with Crippen molar-refractivity contribution in [3.8, 4) is 5.75 Å². The van der Waals surface area contributed by atoms with Crippen molar-refractivity contribution in [2.24, 2.45) is 5.73 Å². The quantitative estimate of drug-likeness (QED) is 0.704. The number of nitrogens with one attached hydrogen (secondary N) is 1. The normalized spacial score (nSPS) is 11.3. The summed E-state index contributed by atoms with van der Waals surface area (Å²) in [7, 11) is 1.44. The van der Waals surface area contributed by atoms with Crippen LogP contribution in [0.2, 0.25) is 0 Å². The SMILES string of the molecule is COc1ccccc1C(=O)NCC(=O)O[C@H](C)C(N)=O. The molecule has 0 heterocycles. The highest BCUT2D eigenvalue weighted by Gasteiger charge is 2.16. The van der Waals surface area contributed by atoms with E-state index in [9.17, 15) is 14.4 Å². The second-order valence-corrected chi connectivity index (χ2v) is 3.92. The van der Waals surface area contributed by atoms with E-state index in [-0.39, 0.29) is 6.54 Å². The van der Waals surface area contributed by atoms with Crippen molar-refractivity contribution in [1.82, 2.24) is 5.32 Å². The van der Waals surface area contributed by atoms with Crippen molar-refractivity contribution in [1.29, 1.82) is 0 Å². The maximum absolute atomic E-state index is 11.9. The summed E-state index contributed by atoms with van der Waals surface area (Å²) in [5.41, 5.74) is 5.25. The second-order valence-electron chi connectivity index (χ2n) is 3.92. The van der Waals surface area contributed by atoms with E-state index in [1.54, 1.807) is 24.3 Å². The van der Waals surface area contributed by atoms with Crippen LogP contribution in [0.15, 0.2) is 24.3 Å². The first-order chi connectivity index (χ1) is 9.45. The number of para-hydroxylation sites is 1. The van der Waals surface area contributed by atoms with Gasteiger partial charge in [-0.3, -0.25) is 14.4 Å². The van der Waals surface area contributed by atoms with E-state index in [0.29, 0.717) is 11.3 Å². The third-order valence-corrected chi connectivity index (χ3v) is 2.45. The molecule has 0 radical (unpaired) electrons. The smallest absolute Gasteiger partial charge is 0.326 e. The zero-order chi connectivity index (χ0) is 15.1. The first kappa shape index (κ1) is 15.5. The van der Waals surface area contributed by atoms with E-state index >= 15 is 0 Å². The van der Waals surface area contributed by atoms with Crippen LogP contribution in [0.4, 0.5) is 0 Å². The number of esters is 1. The molecule has 0 aromatic heterocycles. The summed E-state index contributed by atoms with van der Waals surface area (Å²) in [4.78, 5) is 33.9. The van der Waals surface area contributed by atoms with Gasteiger partial charge >= 0.3 is 5.97 Å². The minimum Gasteiger partial charge on any atom is -0.496 e. The Labute approximate surface area is 116 Å². The average Bonchev–Trinajstić information content (AvgIpc) is 2.44. The predicted molar refractivity (Wildman–Crippen MR) is 70.1 cm³/mol. The van der Waals surface area contributed by atoms with Gasteiger partial charge in [-0.2, -0.15) is 0 Å². The predicted octanol–water partition coefficient (Wildman–Crippen LogP) is -0.158. The number of carbonyl (C=O) groups is 3. The lowest BCUT2D eigenvalue weighted by Gasteiger charge is -2.11. The Morgan fingerprint density at radius 2 is 1.95 bits per heavy atom. The van der Waals surface area contributed by atoms with E-state index in [2.05, 4.69) is 5.32 Å². The topological polar surface area (TPSA) is 108 Å². The fourth-order valence-electron chi connectivity index (χ4n) is 1.38. The molecule has 0 aliphatic heterocycles.